The maximum absolute atomic E-state index is 13.2. The number of hydrogen-bond acceptors (Lipinski definition) is 3. The molecule has 2 bridgehead atoms. The number of rotatable bonds is 5. The van der Waals surface area contributed by atoms with E-state index >= 15 is 0 Å². The second-order valence-electron chi connectivity index (χ2n) is 9.84. The molecule has 2 heterocycles. The molecule has 0 amide bonds. The minimum Gasteiger partial charge on any atom is -0.390 e. The third-order valence-corrected chi connectivity index (χ3v) is 7.06. The smallest absolute Gasteiger partial charge is 0.390 e. The molecule has 186 valence electrons. The summed E-state index contributed by atoms with van der Waals surface area (Å²) < 4.78 is 85.6. The molecule has 2 aliphatic rings. The van der Waals surface area contributed by atoms with Gasteiger partial charge in [0, 0.05) is 12.0 Å². The predicted octanol–water partition coefficient (Wildman–Crippen LogP) is 6.05. The molecule has 2 aromatic rings. The minimum atomic E-state index is -4.91. The number of nitrogens with one attached hydrogen (secondary N) is 1. The Morgan fingerprint density at radius 1 is 0.941 bits per heavy atom. The van der Waals surface area contributed by atoms with Gasteiger partial charge in [0.15, 0.2) is 0 Å². The molecule has 4 rings (SSSR count). The van der Waals surface area contributed by atoms with Crippen LogP contribution in [0.1, 0.15) is 55.4 Å². The first-order valence-corrected chi connectivity index (χ1v) is 11.2. The van der Waals surface area contributed by atoms with Crippen molar-refractivity contribution in [3.63, 3.8) is 0 Å². The fourth-order valence-corrected chi connectivity index (χ4v) is 5.44. The van der Waals surface area contributed by atoms with E-state index in [2.05, 4.69) is 5.32 Å². The van der Waals surface area contributed by atoms with E-state index in [1.54, 1.807) is 13.8 Å². The number of ether oxygens (including phenoxy) is 1. The van der Waals surface area contributed by atoms with E-state index in [0.29, 0.717) is 31.4 Å². The maximum atomic E-state index is 13.2. The molecule has 34 heavy (non-hydrogen) atoms. The molecular formula is C25H27F6NO2. The number of alkyl halides is 6. The topological polar surface area (TPSA) is 41.5 Å². The van der Waals surface area contributed by atoms with E-state index in [0.717, 1.165) is 5.56 Å². The van der Waals surface area contributed by atoms with Gasteiger partial charge in [0.25, 0.3) is 0 Å². The molecule has 0 saturated carbocycles. The molecule has 2 N–H and O–H groups in total. The number of hydrogen-bond donors (Lipinski definition) is 2. The van der Waals surface area contributed by atoms with Crippen LogP contribution < -0.4 is 5.32 Å². The summed E-state index contributed by atoms with van der Waals surface area (Å²) in [7, 11) is 0. The SMILES string of the molecule is CC(C)(O)[C@@H]1C[C@]2(c3ccccc3)N[C@H]1CC[C@H]2OCc1cc(C(F)(F)F)cc(C(F)(F)F)c1. The highest BCUT2D eigenvalue weighted by atomic mass is 19.4. The van der Waals surface area contributed by atoms with Crippen LogP contribution in [0.3, 0.4) is 0 Å². The second kappa shape index (κ2) is 8.53. The van der Waals surface area contributed by atoms with Crippen molar-refractivity contribution in [3.8, 4) is 0 Å². The standard InChI is InChI=1S/C25H27F6NO2/c1-22(2,33)19-13-23(16-6-4-3-5-7-16)21(9-8-20(19)32-23)34-14-15-10-17(24(26,27)28)12-18(11-15)25(29,30)31/h3-7,10-12,19-21,32-33H,8-9,13-14H2,1-2H3/t19-,20+,21-,23-/m1/s1. The lowest BCUT2D eigenvalue weighted by molar-refractivity contribution is -0.143. The van der Waals surface area contributed by atoms with Gasteiger partial charge >= 0.3 is 12.4 Å². The van der Waals surface area contributed by atoms with E-state index in [9.17, 15) is 31.4 Å². The van der Waals surface area contributed by atoms with E-state index < -0.39 is 47.3 Å². The van der Waals surface area contributed by atoms with Crippen molar-refractivity contribution in [1.82, 2.24) is 5.32 Å². The summed E-state index contributed by atoms with van der Waals surface area (Å²) in [5.74, 6) is -0.0910. The monoisotopic (exact) mass is 487 g/mol. The molecule has 0 spiro atoms. The van der Waals surface area contributed by atoms with Crippen molar-refractivity contribution in [2.24, 2.45) is 5.92 Å². The fraction of sp³-hybridized carbons (Fsp3) is 0.520. The molecule has 0 unspecified atom stereocenters. The van der Waals surface area contributed by atoms with Gasteiger partial charge in [-0.25, -0.2) is 0 Å². The van der Waals surface area contributed by atoms with E-state index in [1.165, 1.54) is 0 Å². The average Bonchev–Trinajstić information content (AvgIpc) is 3.07. The highest BCUT2D eigenvalue weighted by Gasteiger charge is 2.57. The summed E-state index contributed by atoms with van der Waals surface area (Å²) in [5, 5.41) is 14.3. The van der Waals surface area contributed by atoms with Gasteiger partial charge in [0.1, 0.15) is 0 Å². The van der Waals surface area contributed by atoms with Gasteiger partial charge in [0.05, 0.1) is 35.0 Å². The molecule has 9 heteroatoms. The number of aliphatic hydroxyl groups is 1. The van der Waals surface area contributed by atoms with Crippen LogP contribution in [0, 0.1) is 5.92 Å². The maximum Gasteiger partial charge on any atom is 0.416 e. The summed E-state index contributed by atoms with van der Waals surface area (Å²) >= 11 is 0. The molecule has 0 aliphatic carbocycles. The molecule has 2 saturated heterocycles. The van der Waals surface area contributed by atoms with Crippen LogP contribution in [0.15, 0.2) is 48.5 Å². The Morgan fingerprint density at radius 3 is 2.06 bits per heavy atom. The largest absolute Gasteiger partial charge is 0.416 e. The van der Waals surface area contributed by atoms with E-state index in [1.807, 2.05) is 30.3 Å². The highest BCUT2D eigenvalue weighted by Crippen LogP contribution is 2.50. The summed E-state index contributed by atoms with van der Waals surface area (Å²) in [6.07, 6.45) is -8.55. The van der Waals surface area contributed by atoms with Crippen LogP contribution in [0.25, 0.3) is 0 Å². The Morgan fingerprint density at radius 2 is 1.53 bits per heavy atom. The average molecular weight is 487 g/mol. The van der Waals surface area contributed by atoms with Gasteiger partial charge in [-0.15, -0.1) is 0 Å². The van der Waals surface area contributed by atoms with Gasteiger partial charge < -0.3 is 15.2 Å². The van der Waals surface area contributed by atoms with Crippen molar-refractivity contribution < 1.29 is 36.2 Å². The molecule has 2 aliphatic heterocycles. The summed E-state index contributed by atoms with van der Waals surface area (Å²) in [4.78, 5) is 0. The quantitative estimate of drug-likeness (QED) is 0.505. The third kappa shape index (κ3) is 4.83. The Hall–Kier alpha value is -2.10. The van der Waals surface area contributed by atoms with E-state index in [-0.39, 0.29) is 23.6 Å². The number of piperidine rings is 1. The first kappa shape index (κ1) is 25.0. The van der Waals surface area contributed by atoms with Crippen molar-refractivity contribution in [2.75, 3.05) is 0 Å². The van der Waals surface area contributed by atoms with Crippen LogP contribution in [-0.4, -0.2) is 22.9 Å². The predicted molar refractivity (Wildman–Crippen MR) is 114 cm³/mol. The number of fused-ring (bicyclic) bond motifs is 2. The van der Waals surface area contributed by atoms with Crippen molar-refractivity contribution >= 4 is 0 Å². The lowest BCUT2D eigenvalue weighted by atomic mass is 9.77. The molecule has 0 radical (unpaired) electrons. The Kier molecular flexibility index (Phi) is 6.28. The molecule has 0 aromatic heterocycles. The molecule has 2 fully saturated rings. The van der Waals surface area contributed by atoms with Gasteiger partial charge in [0.2, 0.25) is 0 Å². The fourth-order valence-electron chi connectivity index (χ4n) is 5.44. The zero-order valence-electron chi connectivity index (χ0n) is 18.8. The van der Waals surface area contributed by atoms with Crippen LogP contribution >= 0.6 is 0 Å². The van der Waals surface area contributed by atoms with E-state index in [4.69, 9.17) is 4.74 Å². The third-order valence-electron chi connectivity index (χ3n) is 7.06. The lowest BCUT2D eigenvalue weighted by Crippen LogP contribution is -2.54. The van der Waals surface area contributed by atoms with Gasteiger partial charge in [-0.3, -0.25) is 0 Å². The summed E-state index contributed by atoms with van der Waals surface area (Å²) in [5.41, 5.74) is -3.66. The molecular weight excluding hydrogens is 460 g/mol. The van der Waals surface area contributed by atoms with Crippen LogP contribution in [0.4, 0.5) is 26.3 Å². The summed E-state index contributed by atoms with van der Waals surface area (Å²) in [6.45, 7) is 3.09. The highest BCUT2D eigenvalue weighted by molar-refractivity contribution is 5.34. The minimum absolute atomic E-state index is 0.0189. The Labute approximate surface area is 194 Å². The van der Waals surface area contributed by atoms with Gasteiger partial charge in [-0.2, -0.15) is 26.3 Å². The zero-order valence-corrected chi connectivity index (χ0v) is 18.8. The summed E-state index contributed by atoms with van der Waals surface area (Å²) in [6, 6.07) is 11.0. The molecule has 2 aromatic carbocycles. The first-order valence-electron chi connectivity index (χ1n) is 11.2. The lowest BCUT2D eigenvalue weighted by Gasteiger charge is -2.42. The second-order valence-corrected chi connectivity index (χ2v) is 9.84. The van der Waals surface area contributed by atoms with Crippen LogP contribution in [-0.2, 0) is 29.2 Å². The first-order chi connectivity index (χ1) is 15.7. The van der Waals surface area contributed by atoms with Gasteiger partial charge in [-0.1, -0.05) is 30.3 Å². The van der Waals surface area contributed by atoms with Crippen molar-refractivity contribution in [3.05, 3.63) is 70.8 Å². The zero-order chi connectivity index (χ0) is 24.9. The van der Waals surface area contributed by atoms with Crippen molar-refractivity contribution in [2.45, 2.75) is 75.4 Å². The van der Waals surface area contributed by atoms with Crippen LogP contribution in [0.5, 0.6) is 0 Å². The Balaban J connectivity index is 1.65. The van der Waals surface area contributed by atoms with Crippen LogP contribution in [0.2, 0.25) is 0 Å². The number of halogens is 6. The normalized spacial score (nSPS) is 27.7. The van der Waals surface area contributed by atoms with Gasteiger partial charge in [-0.05, 0) is 62.4 Å². The molecule has 4 atom stereocenters. The number of benzene rings is 2. The molecule has 3 nitrogen and oxygen atoms in total. The Bertz CT molecular complexity index is 983. The van der Waals surface area contributed by atoms with Crippen molar-refractivity contribution in [1.29, 1.82) is 0 Å².